The molecule has 0 atom stereocenters. The molecule has 0 saturated carbocycles. The molecule has 2 rings (SSSR count). The molecule has 1 heterocycles. The Bertz CT molecular complexity index is 726. The molecule has 0 aliphatic carbocycles. The maximum atomic E-state index is 12.9. The van der Waals surface area contributed by atoms with Gasteiger partial charge >= 0.3 is 6.18 Å². The Balaban J connectivity index is 2.66. The number of rotatable bonds is 3. The Kier molecular flexibility index (Phi) is 4.86. The van der Waals surface area contributed by atoms with Gasteiger partial charge in [-0.05, 0) is 23.6 Å². The zero-order valence-electron chi connectivity index (χ0n) is 13.0. The molecule has 1 aromatic heterocycles. The van der Waals surface area contributed by atoms with E-state index in [9.17, 15) is 13.2 Å². The molecule has 0 bridgehead atoms. The van der Waals surface area contributed by atoms with Crippen LogP contribution in [0.25, 0.3) is 5.69 Å². The summed E-state index contributed by atoms with van der Waals surface area (Å²) in [5.41, 5.74) is 1.21. The molecule has 0 spiro atoms. The summed E-state index contributed by atoms with van der Waals surface area (Å²) in [7, 11) is 3.16. The topological polar surface area (TPSA) is 34.0 Å². The predicted molar refractivity (Wildman–Crippen MR) is 87.0 cm³/mol. The molecule has 0 N–H and O–H groups in total. The van der Waals surface area contributed by atoms with E-state index in [4.69, 9.17) is 11.6 Å². The molecule has 0 fully saturated rings. The number of hydrogen-bond donors (Lipinski definition) is 1. The van der Waals surface area contributed by atoms with E-state index in [0.717, 1.165) is 10.2 Å². The van der Waals surface area contributed by atoms with E-state index in [1.54, 1.807) is 26.2 Å². The second-order valence-electron chi connectivity index (χ2n) is 5.56. The lowest BCUT2D eigenvalue weighted by Crippen LogP contribution is -2.15. The van der Waals surface area contributed by atoms with Gasteiger partial charge in [-0.2, -0.15) is 22.8 Å². The Morgan fingerprint density at radius 2 is 1.87 bits per heavy atom. The highest BCUT2D eigenvalue weighted by atomic mass is 35.5. The van der Waals surface area contributed by atoms with Crippen LogP contribution in [0.1, 0.15) is 31.2 Å². The van der Waals surface area contributed by atoms with Crippen molar-refractivity contribution in [2.45, 2.75) is 30.8 Å². The first-order valence-corrected chi connectivity index (χ1v) is 7.59. The van der Waals surface area contributed by atoms with Gasteiger partial charge in [0.05, 0.1) is 10.7 Å². The minimum absolute atomic E-state index is 0.0317. The fourth-order valence-corrected chi connectivity index (χ4v) is 2.76. The third-order valence-electron chi connectivity index (χ3n) is 3.19. The van der Waals surface area contributed by atoms with Gasteiger partial charge in [0.2, 0.25) is 5.95 Å². The Morgan fingerprint density at radius 1 is 1.26 bits per heavy atom. The van der Waals surface area contributed by atoms with Gasteiger partial charge in [-0.3, -0.25) is 0 Å². The van der Waals surface area contributed by atoms with Gasteiger partial charge in [0.25, 0.3) is 5.82 Å². The highest BCUT2D eigenvalue weighted by Crippen LogP contribution is 2.34. The van der Waals surface area contributed by atoms with Crippen molar-refractivity contribution in [1.29, 1.82) is 0 Å². The van der Waals surface area contributed by atoms with Gasteiger partial charge in [0.15, 0.2) is 0 Å². The summed E-state index contributed by atoms with van der Waals surface area (Å²) >= 11 is 10.7. The summed E-state index contributed by atoms with van der Waals surface area (Å²) in [4.78, 5) is 5.63. The van der Waals surface area contributed by atoms with Crippen LogP contribution in [0, 0.1) is 0 Å². The second kappa shape index (κ2) is 6.24. The van der Waals surface area contributed by atoms with Gasteiger partial charge in [-0.15, -0.1) is 17.7 Å². The molecular formula is C14H16ClF3N4S. The van der Waals surface area contributed by atoms with Crippen molar-refractivity contribution < 1.29 is 13.2 Å². The minimum Gasteiger partial charge on any atom is -0.347 e. The predicted octanol–water partition coefficient (Wildman–Crippen LogP) is 4.42. The minimum atomic E-state index is -4.63. The largest absolute Gasteiger partial charge is 0.453 e. The fourth-order valence-electron chi connectivity index (χ4n) is 2.07. The standard InChI is InChI=1S/C14H16ClF3N4S/c1-7(2)8-5-9(15)10(6-11(8)23)22-13(21(3)4)19-12(20-22)14(16,17)18/h5-7,23H,1-4H3. The quantitative estimate of drug-likeness (QED) is 0.819. The van der Waals surface area contributed by atoms with Crippen molar-refractivity contribution in [3.63, 3.8) is 0 Å². The first-order valence-electron chi connectivity index (χ1n) is 6.76. The van der Waals surface area contributed by atoms with Gasteiger partial charge in [0.1, 0.15) is 0 Å². The van der Waals surface area contributed by atoms with Crippen LogP contribution in [0.3, 0.4) is 0 Å². The maximum Gasteiger partial charge on any atom is 0.453 e. The number of aromatic nitrogens is 3. The average Bonchev–Trinajstić information content (AvgIpc) is 2.85. The molecular weight excluding hydrogens is 349 g/mol. The van der Waals surface area contributed by atoms with Crippen molar-refractivity contribution in [3.8, 4) is 5.69 Å². The van der Waals surface area contributed by atoms with Gasteiger partial charge in [-0.25, -0.2) is 0 Å². The first-order chi connectivity index (χ1) is 10.5. The molecule has 2 aromatic rings. The number of hydrogen-bond acceptors (Lipinski definition) is 4. The van der Waals surface area contributed by atoms with Gasteiger partial charge in [-0.1, -0.05) is 25.4 Å². The van der Waals surface area contributed by atoms with Crippen LogP contribution in [0.2, 0.25) is 5.02 Å². The summed E-state index contributed by atoms with van der Waals surface area (Å²) < 4.78 is 39.8. The summed E-state index contributed by atoms with van der Waals surface area (Å²) in [6.07, 6.45) is -4.63. The maximum absolute atomic E-state index is 12.9. The molecule has 0 amide bonds. The van der Waals surface area contributed by atoms with Crippen LogP contribution in [-0.4, -0.2) is 28.9 Å². The lowest BCUT2D eigenvalue weighted by atomic mass is 10.0. The van der Waals surface area contributed by atoms with Crippen LogP contribution < -0.4 is 4.90 Å². The number of alkyl halides is 3. The number of thiol groups is 1. The summed E-state index contributed by atoms with van der Waals surface area (Å²) in [5.74, 6) is -1.00. The van der Waals surface area contributed by atoms with Crippen LogP contribution >= 0.6 is 24.2 Å². The molecule has 0 aliphatic heterocycles. The normalized spacial score (nSPS) is 12.1. The fraction of sp³-hybridized carbons (Fsp3) is 0.429. The third-order valence-corrected chi connectivity index (χ3v) is 3.88. The molecule has 0 saturated heterocycles. The molecule has 9 heteroatoms. The lowest BCUT2D eigenvalue weighted by Gasteiger charge is -2.16. The van der Waals surface area contributed by atoms with E-state index in [1.165, 1.54) is 4.90 Å². The smallest absolute Gasteiger partial charge is 0.347 e. The van der Waals surface area contributed by atoms with Crippen molar-refractivity contribution >= 4 is 30.2 Å². The highest BCUT2D eigenvalue weighted by molar-refractivity contribution is 7.80. The number of nitrogens with zero attached hydrogens (tertiary/aromatic N) is 4. The zero-order chi connectivity index (χ0) is 17.5. The van der Waals surface area contributed by atoms with E-state index in [-0.39, 0.29) is 16.9 Å². The number of anilines is 1. The lowest BCUT2D eigenvalue weighted by molar-refractivity contribution is -0.144. The molecule has 23 heavy (non-hydrogen) atoms. The summed E-state index contributed by atoms with van der Waals surface area (Å²) in [6.45, 7) is 3.96. The van der Waals surface area contributed by atoms with E-state index >= 15 is 0 Å². The van der Waals surface area contributed by atoms with E-state index < -0.39 is 12.0 Å². The Hall–Kier alpha value is -1.41. The molecule has 0 unspecified atom stereocenters. The van der Waals surface area contributed by atoms with Crippen LogP contribution in [0.4, 0.5) is 19.1 Å². The van der Waals surface area contributed by atoms with Crippen molar-refractivity contribution in [1.82, 2.24) is 14.8 Å². The Morgan fingerprint density at radius 3 is 2.35 bits per heavy atom. The number of benzene rings is 1. The number of halogens is 4. The van der Waals surface area contributed by atoms with Gasteiger partial charge < -0.3 is 4.90 Å². The monoisotopic (exact) mass is 364 g/mol. The average molecular weight is 365 g/mol. The van der Waals surface area contributed by atoms with Crippen molar-refractivity contribution in [2.24, 2.45) is 0 Å². The van der Waals surface area contributed by atoms with Crippen molar-refractivity contribution in [3.05, 3.63) is 28.5 Å². The van der Waals surface area contributed by atoms with E-state index in [0.29, 0.717) is 10.6 Å². The molecule has 126 valence electrons. The molecule has 4 nitrogen and oxygen atoms in total. The third kappa shape index (κ3) is 3.58. The van der Waals surface area contributed by atoms with Crippen molar-refractivity contribution in [2.75, 3.05) is 19.0 Å². The Labute approximate surface area is 142 Å². The molecule has 0 radical (unpaired) electrons. The molecule has 0 aliphatic rings. The van der Waals surface area contributed by atoms with Gasteiger partial charge in [0, 0.05) is 19.0 Å². The second-order valence-corrected chi connectivity index (χ2v) is 6.45. The first kappa shape index (κ1) is 17.9. The van der Waals surface area contributed by atoms with Crippen LogP contribution in [-0.2, 0) is 6.18 Å². The molecule has 1 aromatic carbocycles. The van der Waals surface area contributed by atoms with Crippen LogP contribution in [0.5, 0.6) is 0 Å². The SMILES string of the molecule is CC(C)c1cc(Cl)c(-n2nc(C(F)(F)F)nc2N(C)C)cc1S. The summed E-state index contributed by atoms with van der Waals surface area (Å²) in [5, 5.41) is 3.86. The zero-order valence-corrected chi connectivity index (χ0v) is 14.6. The van der Waals surface area contributed by atoms with E-state index in [2.05, 4.69) is 22.7 Å². The van der Waals surface area contributed by atoms with Crippen LogP contribution in [0.15, 0.2) is 17.0 Å². The highest BCUT2D eigenvalue weighted by Gasteiger charge is 2.38. The summed E-state index contributed by atoms with van der Waals surface area (Å²) in [6, 6.07) is 3.29. The van der Waals surface area contributed by atoms with E-state index in [1.807, 2.05) is 13.8 Å².